The molecule has 3 heteroatoms. The molecule has 0 bridgehead atoms. The molecule has 0 spiro atoms. The Morgan fingerprint density at radius 3 is 3.00 bits per heavy atom. The van der Waals surface area contributed by atoms with Crippen molar-refractivity contribution in [1.82, 2.24) is 0 Å². The molecule has 0 aliphatic carbocycles. The van der Waals surface area contributed by atoms with Crippen molar-refractivity contribution in [2.75, 3.05) is 12.4 Å². The Balaban J connectivity index is 1.57. The normalized spacial score (nSPS) is 14.6. The largest absolute Gasteiger partial charge is 0.493 e. The summed E-state index contributed by atoms with van der Waals surface area (Å²) in [5.41, 5.74) is 3.70. The van der Waals surface area contributed by atoms with E-state index < -0.39 is 6.10 Å². The predicted octanol–water partition coefficient (Wildman–Crippen LogP) is 4.01. The van der Waals surface area contributed by atoms with Crippen LogP contribution >= 0.6 is 11.8 Å². The van der Waals surface area contributed by atoms with E-state index in [0.717, 1.165) is 36.5 Å². The van der Waals surface area contributed by atoms with E-state index in [1.807, 2.05) is 23.9 Å². The molecule has 1 unspecified atom stereocenters. The minimum atomic E-state index is -0.401. The quantitative estimate of drug-likeness (QED) is 0.846. The SMILES string of the molecule is CC(O)c1cccc(SCCc2ccc3c(c2)CCO3)c1. The van der Waals surface area contributed by atoms with Crippen LogP contribution < -0.4 is 4.74 Å². The zero-order valence-corrected chi connectivity index (χ0v) is 13.0. The van der Waals surface area contributed by atoms with E-state index in [1.165, 1.54) is 16.0 Å². The van der Waals surface area contributed by atoms with Crippen LogP contribution in [0.2, 0.25) is 0 Å². The Labute approximate surface area is 130 Å². The van der Waals surface area contributed by atoms with Gasteiger partial charge in [-0.05, 0) is 48.2 Å². The molecule has 21 heavy (non-hydrogen) atoms. The van der Waals surface area contributed by atoms with Crippen LogP contribution in [0.4, 0.5) is 0 Å². The summed E-state index contributed by atoms with van der Waals surface area (Å²) in [5, 5.41) is 9.62. The average Bonchev–Trinajstić information content (AvgIpc) is 2.95. The number of aliphatic hydroxyl groups excluding tert-OH is 1. The fourth-order valence-corrected chi connectivity index (χ4v) is 3.51. The first-order valence-corrected chi connectivity index (χ1v) is 8.36. The van der Waals surface area contributed by atoms with Crippen molar-refractivity contribution in [3.05, 3.63) is 59.2 Å². The van der Waals surface area contributed by atoms with E-state index in [4.69, 9.17) is 4.74 Å². The lowest BCUT2D eigenvalue weighted by molar-refractivity contribution is 0.199. The van der Waals surface area contributed by atoms with Gasteiger partial charge in [0, 0.05) is 17.1 Å². The summed E-state index contributed by atoms with van der Waals surface area (Å²) >= 11 is 1.84. The molecule has 0 radical (unpaired) electrons. The fraction of sp³-hybridized carbons (Fsp3) is 0.333. The first-order valence-electron chi connectivity index (χ1n) is 7.38. The van der Waals surface area contributed by atoms with E-state index >= 15 is 0 Å². The van der Waals surface area contributed by atoms with E-state index in [9.17, 15) is 5.11 Å². The molecule has 0 saturated carbocycles. The van der Waals surface area contributed by atoms with Crippen molar-refractivity contribution in [3.63, 3.8) is 0 Å². The van der Waals surface area contributed by atoms with E-state index in [2.05, 4.69) is 30.3 Å². The van der Waals surface area contributed by atoms with Crippen LogP contribution in [-0.4, -0.2) is 17.5 Å². The number of thioether (sulfide) groups is 1. The summed E-state index contributed by atoms with van der Waals surface area (Å²) in [7, 11) is 0. The molecular weight excluding hydrogens is 280 g/mol. The molecule has 0 amide bonds. The number of fused-ring (bicyclic) bond motifs is 1. The van der Waals surface area contributed by atoms with Crippen LogP contribution in [0.1, 0.15) is 29.7 Å². The third-order valence-corrected chi connectivity index (χ3v) is 4.75. The Kier molecular flexibility index (Phi) is 4.51. The average molecular weight is 300 g/mol. The standard InChI is InChI=1S/C18H20O2S/c1-13(19)15-3-2-4-17(12-15)21-10-8-14-5-6-18-16(11-14)7-9-20-18/h2-6,11-13,19H,7-10H2,1H3. The summed E-state index contributed by atoms with van der Waals surface area (Å²) in [6, 6.07) is 14.7. The van der Waals surface area contributed by atoms with Crippen LogP contribution in [0.5, 0.6) is 5.75 Å². The summed E-state index contributed by atoms with van der Waals surface area (Å²) in [6.45, 7) is 2.62. The van der Waals surface area contributed by atoms with Gasteiger partial charge in [0.1, 0.15) is 5.75 Å². The summed E-state index contributed by atoms with van der Waals surface area (Å²) in [4.78, 5) is 1.22. The lowest BCUT2D eigenvalue weighted by atomic mass is 10.1. The van der Waals surface area contributed by atoms with Crippen molar-refractivity contribution in [1.29, 1.82) is 0 Å². The molecule has 0 saturated heterocycles. The molecule has 2 nitrogen and oxygen atoms in total. The molecule has 1 atom stereocenters. The second-order valence-electron chi connectivity index (χ2n) is 5.39. The van der Waals surface area contributed by atoms with Gasteiger partial charge in [0.2, 0.25) is 0 Å². The highest BCUT2D eigenvalue weighted by Gasteiger charge is 2.11. The van der Waals surface area contributed by atoms with Crippen molar-refractivity contribution in [3.8, 4) is 5.75 Å². The van der Waals surface area contributed by atoms with Crippen LogP contribution in [0.3, 0.4) is 0 Å². The molecule has 0 aromatic heterocycles. The second-order valence-corrected chi connectivity index (χ2v) is 6.56. The minimum absolute atomic E-state index is 0.401. The van der Waals surface area contributed by atoms with E-state index in [0.29, 0.717) is 0 Å². The van der Waals surface area contributed by atoms with Gasteiger partial charge in [-0.1, -0.05) is 24.3 Å². The number of hydrogen-bond donors (Lipinski definition) is 1. The molecule has 1 heterocycles. The number of benzene rings is 2. The van der Waals surface area contributed by atoms with Crippen molar-refractivity contribution >= 4 is 11.8 Å². The molecule has 1 aliphatic rings. The third kappa shape index (κ3) is 3.60. The van der Waals surface area contributed by atoms with Gasteiger partial charge in [0.25, 0.3) is 0 Å². The molecule has 3 rings (SSSR count). The van der Waals surface area contributed by atoms with E-state index in [1.54, 1.807) is 6.92 Å². The van der Waals surface area contributed by atoms with Crippen molar-refractivity contribution in [2.45, 2.75) is 30.8 Å². The van der Waals surface area contributed by atoms with Gasteiger partial charge in [-0.25, -0.2) is 0 Å². The van der Waals surface area contributed by atoms with Gasteiger partial charge in [-0.15, -0.1) is 11.8 Å². The molecule has 2 aromatic carbocycles. The highest BCUT2D eigenvalue weighted by Crippen LogP contribution is 2.27. The lowest BCUT2D eigenvalue weighted by Gasteiger charge is -2.08. The van der Waals surface area contributed by atoms with Gasteiger partial charge >= 0.3 is 0 Å². The van der Waals surface area contributed by atoms with Gasteiger partial charge in [-0.3, -0.25) is 0 Å². The second kappa shape index (κ2) is 6.54. The highest BCUT2D eigenvalue weighted by molar-refractivity contribution is 7.99. The first-order chi connectivity index (χ1) is 10.2. The maximum Gasteiger partial charge on any atom is 0.122 e. The Hall–Kier alpha value is -1.45. The highest BCUT2D eigenvalue weighted by atomic mass is 32.2. The number of ether oxygens (including phenoxy) is 1. The third-order valence-electron chi connectivity index (χ3n) is 3.75. The van der Waals surface area contributed by atoms with Gasteiger partial charge in [-0.2, -0.15) is 0 Å². The monoisotopic (exact) mass is 300 g/mol. The Morgan fingerprint density at radius 1 is 1.24 bits per heavy atom. The summed E-state index contributed by atoms with van der Waals surface area (Å²) in [5.74, 6) is 2.10. The molecule has 110 valence electrons. The predicted molar refractivity (Wildman–Crippen MR) is 87.1 cm³/mol. The number of aliphatic hydroxyl groups is 1. The Bertz CT molecular complexity index is 622. The zero-order chi connectivity index (χ0) is 14.7. The van der Waals surface area contributed by atoms with Crippen molar-refractivity contribution < 1.29 is 9.84 Å². The van der Waals surface area contributed by atoms with Crippen LogP contribution in [0.25, 0.3) is 0 Å². The fourth-order valence-electron chi connectivity index (χ4n) is 2.55. The van der Waals surface area contributed by atoms with Gasteiger partial charge in [0.15, 0.2) is 0 Å². The van der Waals surface area contributed by atoms with Crippen molar-refractivity contribution in [2.24, 2.45) is 0 Å². The molecular formula is C18H20O2S. The first kappa shape index (κ1) is 14.5. The smallest absolute Gasteiger partial charge is 0.122 e. The molecule has 0 fully saturated rings. The maximum atomic E-state index is 9.62. The summed E-state index contributed by atoms with van der Waals surface area (Å²) in [6.07, 6.45) is 1.69. The van der Waals surface area contributed by atoms with Gasteiger partial charge < -0.3 is 9.84 Å². The maximum absolute atomic E-state index is 9.62. The summed E-state index contributed by atoms with van der Waals surface area (Å²) < 4.78 is 5.53. The van der Waals surface area contributed by atoms with Gasteiger partial charge in [0.05, 0.1) is 12.7 Å². The number of aryl methyl sites for hydroxylation is 1. The molecule has 1 N–H and O–H groups in total. The number of hydrogen-bond acceptors (Lipinski definition) is 3. The zero-order valence-electron chi connectivity index (χ0n) is 12.2. The minimum Gasteiger partial charge on any atom is -0.493 e. The van der Waals surface area contributed by atoms with Crippen LogP contribution in [-0.2, 0) is 12.8 Å². The number of rotatable bonds is 5. The molecule has 2 aromatic rings. The van der Waals surface area contributed by atoms with Crippen LogP contribution in [0, 0.1) is 0 Å². The molecule has 1 aliphatic heterocycles. The van der Waals surface area contributed by atoms with Crippen LogP contribution in [0.15, 0.2) is 47.4 Å². The van der Waals surface area contributed by atoms with E-state index in [-0.39, 0.29) is 0 Å². The Morgan fingerprint density at radius 2 is 2.14 bits per heavy atom. The topological polar surface area (TPSA) is 29.5 Å². The lowest BCUT2D eigenvalue weighted by Crippen LogP contribution is -1.92.